The summed E-state index contributed by atoms with van der Waals surface area (Å²) in [6.07, 6.45) is 5.60. The summed E-state index contributed by atoms with van der Waals surface area (Å²) >= 11 is 0. The lowest BCUT2D eigenvalue weighted by Crippen LogP contribution is -2.43. The van der Waals surface area contributed by atoms with Gasteiger partial charge in [-0.25, -0.2) is 0 Å². The maximum absolute atomic E-state index is 11.1. The molecular formula is C10H18N2O2. The fourth-order valence-corrected chi connectivity index (χ4v) is 0.725. The van der Waals surface area contributed by atoms with Gasteiger partial charge in [0, 0.05) is 6.54 Å². The van der Waals surface area contributed by atoms with E-state index >= 15 is 0 Å². The first-order chi connectivity index (χ1) is 6.52. The highest BCUT2D eigenvalue weighted by Crippen LogP contribution is 2.05. The second kappa shape index (κ2) is 6.41. The summed E-state index contributed by atoms with van der Waals surface area (Å²) < 4.78 is 0. The number of hydrogen-bond donors (Lipinski definition) is 3. The zero-order valence-corrected chi connectivity index (χ0v) is 8.76. The Bertz CT molecular complexity index is 219. The highest BCUT2D eigenvalue weighted by atomic mass is 16.3. The summed E-state index contributed by atoms with van der Waals surface area (Å²) in [7, 11) is 0. The summed E-state index contributed by atoms with van der Waals surface area (Å²) in [6.45, 7) is 4.37. The summed E-state index contributed by atoms with van der Waals surface area (Å²) in [4.78, 5) is 11.1. The standard InChI is InChI=1S/C10H18N2O2/c1-4-6-11-7-9(13)12-8-10(3,14)5-2/h1,11,14H,5-8H2,2-3H3,(H,12,13). The first-order valence-electron chi connectivity index (χ1n) is 4.65. The van der Waals surface area contributed by atoms with Crippen molar-refractivity contribution < 1.29 is 9.90 Å². The van der Waals surface area contributed by atoms with E-state index in [-0.39, 0.29) is 19.0 Å². The highest BCUT2D eigenvalue weighted by Gasteiger charge is 2.17. The summed E-state index contributed by atoms with van der Waals surface area (Å²) in [5.41, 5.74) is -0.832. The molecule has 0 bridgehead atoms. The maximum atomic E-state index is 11.1. The predicted molar refractivity (Wildman–Crippen MR) is 55.6 cm³/mol. The SMILES string of the molecule is C#CCNCC(=O)NCC(C)(O)CC. The molecule has 0 aromatic heterocycles. The van der Waals surface area contributed by atoms with E-state index in [0.717, 1.165) is 0 Å². The van der Waals surface area contributed by atoms with E-state index in [0.29, 0.717) is 13.0 Å². The molecule has 1 amide bonds. The third kappa shape index (κ3) is 6.46. The average molecular weight is 198 g/mol. The van der Waals surface area contributed by atoms with Crippen molar-refractivity contribution in [2.45, 2.75) is 25.9 Å². The third-order valence-electron chi connectivity index (χ3n) is 1.94. The maximum Gasteiger partial charge on any atom is 0.234 e. The number of carbonyl (C=O) groups is 1. The van der Waals surface area contributed by atoms with Gasteiger partial charge >= 0.3 is 0 Å². The van der Waals surface area contributed by atoms with Crippen molar-refractivity contribution in [3.05, 3.63) is 0 Å². The van der Waals surface area contributed by atoms with E-state index in [4.69, 9.17) is 6.42 Å². The Kier molecular flexibility index (Phi) is 5.93. The molecule has 0 fully saturated rings. The molecule has 0 saturated carbocycles. The van der Waals surface area contributed by atoms with Gasteiger partial charge in [-0.15, -0.1) is 6.42 Å². The zero-order chi connectivity index (χ0) is 11.0. The largest absolute Gasteiger partial charge is 0.388 e. The Morgan fingerprint density at radius 2 is 2.29 bits per heavy atom. The molecule has 4 nitrogen and oxygen atoms in total. The van der Waals surface area contributed by atoms with Crippen molar-refractivity contribution in [2.24, 2.45) is 0 Å². The van der Waals surface area contributed by atoms with E-state index in [1.807, 2.05) is 6.92 Å². The number of carbonyl (C=O) groups excluding carboxylic acids is 1. The first-order valence-corrected chi connectivity index (χ1v) is 4.65. The van der Waals surface area contributed by atoms with Crippen LogP contribution in [0.3, 0.4) is 0 Å². The minimum Gasteiger partial charge on any atom is -0.388 e. The van der Waals surface area contributed by atoms with Gasteiger partial charge in [-0.2, -0.15) is 0 Å². The van der Waals surface area contributed by atoms with Gasteiger partial charge in [0.25, 0.3) is 0 Å². The van der Waals surface area contributed by atoms with Crippen LogP contribution in [0, 0.1) is 12.3 Å². The Labute approximate surface area is 85.1 Å². The third-order valence-corrected chi connectivity index (χ3v) is 1.94. The minimum atomic E-state index is -0.832. The van der Waals surface area contributed by atoms with Gasteiger partial charge in [-0.1, -0.05) is 12.8 Å². The van der Waals surface area contributed by atoms with Gasteiger partial charge in [0.15, 0.2) is 0 Å². The van der Waals surface area contributed by atoms with Crippen LogP contribution in [0.4, 0.5) is 0 Å². The fraction of sp³-hybridized carbons (Fsp3) is 0.700. The Morgan fingerprint density at radius 3 is 2.79 bits per heavy atom. The summed E-state index contributed by atoms with van der Waals surface area (Å²) in [5, 5.41) is 14.9. The normalized spacial score (nSPS) is 14.1. The van der Waals surface area contributed by atoms with E-state index in [9.17, 15) is 9.90 Å². The van der Waals surface area contributed by atoms with E-state index < -0.39 is 5.60 Å². The first kappa shape index (κ1) is 12.9. The molecule has 0 aromatic rings. The molecule has 0 spiro atoms. The molecule has 0 radical (unpaired) electrons. The van der Waals surface area contributed by atoms with Crippen molar-refractivity contribution in [3.8, 4) is 12.3 Å². The zero-order valence-electron chi connectivity index (χ0n) is 8.76. The lowest BCUT2D eigenvalue weighted by molar-refractivity contribution is -0.121. The van der Waals surface area contributed by atoms with Crippen molar-refractivity contribution in [2.75, 3.05) is 19.6 Å². The average Bonchev–Trinajstić information content (AvgIpc) is 2.16. The van der Waals surface area contributed by atoms with E-state index in [1.165, 1.54) is 0 Å². The molecule has 80 valence electrons. The van der Waals surface area contributed by atoms with Crippen LogP contribution in [-0.4, -0.2) is 36.2 Å². The Balaban J connectivity index is 3.60. The van der Waals surface area contributed by atoms with Crippen molar-refractivity contribution in [1.82, 2.24) is 10.6 Å². The molecule has 0 aromatic carbocycles. The van der Waals surface area contributed by atoms with E-state index in [1.54, 1.807) is 6.92 Å². The van der Waals surface area contributed by atoms with Crippen LogP contribution in [0.25, 0.3) is 0 Å². The summed E-state index contributed by atoms with van der Waals surface area (Å²) in [6, 6.07) is 0. The topological polar surface area (TPSA) is 61.4 Å². The van der Waals surface area contributed by atoms with Gasteiger partial charge in [-0.05, 0) is 13.3 Å². The van der Waals surface area contributed by atoms with Gasteiger partial charge < -0.3 is 10.4 Å². The van der Waals surface area contributed by atoms with Gasteiger partial charge in [-0.3, -0.25) is 10.1 Å². The molecule has 0 aliphatic rings. The number of hydrogen-bond acceptors (Lipinski definition) is 3. The lowest BCUT2D eigenvalue weighted by Gasteiger charge is -2.21. The lowest BCUT2D eigenvalue weighted by atomic mass is 10.0. The molecule has 0 saturated heterocycles. The van der Waals surface area contributed by atoms with Gasteiger partial charge in [0.05, 0.1) is 18.7 Å². The predicted octanol–water partition coefficient (Wildman–Crippen LogP) is -0.514. The molecule has 0 heterocycles. The highest BCUT2D eigenvalue weighted by molar-refractivity contribution is 5.78. The van der Waals surface area contributed by atoms with Gasteiger partial charge in [0.2, 0.25) is 5.91 Å². The molecule has 0 aliphatic heterocycles. The van der Waals surface area contributed by atoms with Crippen molar-refractivity contribution in [1.29, 1.82) is 0 Å². The number of amides is 1. The monoisotopic (exact) mass is 198 g/mol. The molecule has 4 heteroatoms. The van der Waals surface area contributed by atoms with Gasteiger partial charge in [0.1, 0.15) is 0 Å². The molecule has 14 heavy (non-hydrogen) atoms. The Hall–Kier alpha value is -1.05. The van der Waals surface area contributed by atoms with Crippen LogP contribution >= 0.6 is 0 Å². The van der Waals surface area contributed by atoms with Crippen LogP contribution in [0.1, 0.15) is 20.3 Å². The van der Waals surface area contributed by atoms with Crippen molar-refractivity contribution in [3.63, 3.8) is 0 Å². The van der Waals surface area contributed by atoms with E-state index in [2.05, 4.69) is 16.6 Å². The molecule has 1 atom stereocenters. The fourth-order valence-electron chi connectivity index (χ4n) is 0.725. The van der Waals surface area contributed by atoms with Crippen LogP contribution < -0.4 is 10.6 Å². The Morgan fingerprint density at radius 1 is 1.64 bits per heavy atom. The molecular weight excluding hydrogens is 180 g/mol. The molecule has 1 unspecified atom stereocenters. The van der Waals surface area contributed by atoms with Crippen LogP contribution in [-0.2, 0) is 4.79 Å². The van der Waals surface area contributed by atoms with Crippen LogP contribution in [0.2, 0.25) is 0 Å². The quantitative estimate of drug-likeness (QED) is 0.398. The molecule has 3 N–H and O–H groups in total. The van der Waals surface area contributed by atoms with Crippen LogP contribution in [0.5, 0.6) is 0 Å². The number of aliphatic hydroxyl groups is 1. The summed E-state index contributed by atoms with van der Waals surface area (Å²) in [5.74, 6) is 2.21. The second-order valence-corrected chi connectivity index (χ2v) is 3.43. The second-order valence-electron chi connectivity index (χ2n) is 3.43. The number of rotatable bonds is 6. The van der Waals surface area contributed by atoms with Crippen LogP contribution in [0.15, 0.2) is 0 Å². The minimum absolute atomic E-state index is 0.158. The molecule has 0 rings (SSSR count). The number of terminal acetylenes is 1. The van der Waals surface area contributed by atoms with Crippen molar-refractivity contribution >= 4 is 5.91 Å². The smallest absolute Gasteiger partial charge is 0.234 e. The number of nitrogens with one attached hydrogen (secondary N) is 2. The molecule has 0 aliphatic carbocycles.